The van der Waals surface area contributed by atoms with Gasteiger partial charge in [0.2, 0.25) is 5.91 Å². The summed E-state index contributed by atoms with van der Waals surface area (Å²) in [4.78, 5) is 28.5. The second-order valence-corrected chi connectivity index (χ2v) is 8.88. The number of carboxylic acids is 1. The molecule has 0 saturated carbocycles. The summed E-state index contributed by atoms with van der Waals surface area (Å²) in [6.45, 7) is 2.74. The van der Waals surface area contributed by atoms with Crippen molar-refractivity contribution in [3.63, 3.8) is 0 Å². The van der Waals surface area contributed by atoms with Crippen LogP contribution in [0.1, 0.15) is 28.8 Å². The highest BCUT2D eigenvalue weighted by Gasteiger charge is 2.24. The van der Waals surface area contributed by atoms with E-state index < -0.39 is 5.97 Å². The van der Waals surface area contributed by atoms with Gasteiger partial charge in [-0.25, -0.2) is 4.79 Å². The van der Waals surface area contributed by atoms with Gasteiger partial charge >= 0.3 is 5.97 Å². The zero-order valence-electron chi connectivity index (χ0n) is 19.5. The molecular formula is C28H31N3O3. The molecule has 1 aliphatic heterocycles. The Balaban J connectivity index is 1.24. The van der Waals surface area contributed by atoms with E-state index in [1.165, 1.54) is 0 Å². The number of aromatic carboxylic acids is 1. The molecule has 0 unspecified atom stereocenters. The Morgan fingerprint density at radius 2 is 1.53 bits per heavy atom. The van der Waals surface area contributed by atoms with E-state index >= 15 is 0 Å². The Labute approximate surface area is 200 Å². The zero-order valence-corrected chi connectivity index (χ0v) is 19.5. The van der Waals surface area contributed by atoms with Gasteiger partial charge in [-0.15, -0.1) is 0 Å². The van der Waals surface area contributed by atoms with Crippen LogP contribution in [0.3, 0.4) is 0 Å². The Morgan fingerprint density at radius 3 is 2.21 bits per heavy atom. The summed E-state index contributed by atoms with van der Waals surface area (Å²) in [6.07, 6.45) is 1.90. The van der Waals surface area contributed by atoms with Crippen molar-refractivity contribution in [1.82, 2.24) is 9.80 Å². The first-order chi connectivity index (χ1) is 16.5. The van der Waals surface area contributed by atoms with Gasteiger partial charge in [0.05, 0.1) is 12.1 Å². The van der Waals surface area contributed by atoms with Crippen LogP contribution in [0.25, 0.3) is 11.1 Å². The molecule has 176 valence electrons. The number of benzene rings is 3. The maximum Gasteiger partial charge on any atom is 0.336 e. The molecule has 1 aliphatic rings. The van der Waals surface area contributed by atoms with Crippen molar-refractivity contribution in [2.45, 2.75) is 25.4 Å². The lowest BCUT2D eigenvalue weighted by Crippen LogP contribution is -2.45. The van der Waals surface area contributed by atoms with Gasteiger partial charge < -0.3 is 10.4 Å². The first kappa shape index (κ1) is 23.7. The molecule has 6 nitrogen and oxygen atoms in total. The van der Waals surface area contributed by atoms with Crippen molar-refractivity contribution < 1.29 is 14.7 Å². The summed E-state index contributed by atoms with van der Waals surface area (Å²) < 4.78 is 0. The van der Waals surface area contributed by atoms with Crippen LogP contribution in [-0.2, 0) is 11.3 Å². The molecule has 4 rings (SSSR count). The van der Waals surface area contributed by atoms with Gasteiger partial charge in [0, 0.05) is 18.3 Å². The molecule has 0 aromatic heterocycles. The fourth-order valence-corrected chi connectivity index (χ4v) is 4.56. The Bertz CT molecular complexity index is 1110. The normalized spacial score (nSPS) is 14.8. The van der Waals surface area contributed by atoms with Crippen LogP contribution < -0.4 is 5.32 Å². The number of hydrogen-bond donors (Lipinski definition) is 2. The molecule has 1 fully saturated rings. The predicted octanol–water partition coefficient (Wildman–Crippen LogP) is 4.59. The minimum atomic E-state index is -0.883. The van der Waals surface area contributed by atoms with Crippen LogP contribution in [0, 0.1) is 0 Å². The number of rotatable bonds is 8. The Kier molecular flexibility index (Phi) is 7.72. The average molecular weight is 458 g/mol. The van der Waals surface area contributed by atoms with E-state index in [1.807, 2.05) is 61.6 Å². The van der Waals surface area contributed by atoms with E-state index in [0.29, 0.717) is 24.7 Å². The number of carbonyl (C=O) groups is 2. The molecule has 1 saturated heterocycles. The summed E-state index contributed by atoms with van der Waals surface area (Å²) in [7, 11) is 2.00. The van der Waals surface area contributed by atoms with Crippen molar-refractivity contribution in [1.29, 1.82) is 0 Å². The largest absolute Gasteiger partial charge is 0.478 e. The lowest BCUT2D eigenvalue weighted by Gasteiger charge is -2.36. The summed E-state index contributed by atoms with van der Waals surface area (Å²) in [6, 6.07) is 25.6. The van der Waals surface area contributed by atoms with Crippen LogP contribution >= 0.6 is 0 Å². The maximum atomic E-state index is 12.6. The van der Waals surface area contributed by atoms with E-state index in [1.54, 1.807) is 12.1 Å². The van der Waals surface area contributed by atoms with Gasteiger partial charge in [-0.2, -0.15) is 0 Å². The maximum absolute atomic E-state index is 12.6. The number of carbonyl (C=O) groups excluding carboxylic acids is 1. The second-order valence-electron chi connectivity index (χ2n) is 8.88. The van der Waals surface area contributed by atoms with E-state index in [4.69, 9.17) is 0 Å². The highest BCUT2D eigenvalue weighted by Crippen LogP contribution is 2.22. The summed E-state index contributed by atoms with van der Waals surface area (Å²) >= 11 is 0. The molecule has 1 heterocycles. The molecule has 6 heteroatoms. The van der Waals surface area contributed by atoms with Gasteiger partial charge in [0.25, 0.3) is 0 Å². The highest BCUT2D eigenvalue weighted by atomic mass is 16.4. The third-order valence-corrected chi connectivity index (χ3v) is 6.49. The number of carboxylic acid groups (broad SMARTS) is 1. The number of hydrogen-bond acceptors (Lipinski definition) is 4. The average Bonchev–Trinajstić information content (AvgIpc) is 2.85. The quantitative estimate of drug-likeness (QED) is 0.518. The topological polar surface area (TPSA) is 72.9 Å². The van der Waals surface area contributed by atoms with Crippen LogP contribution in [-0.4, -0.2) is 59.5 Å². The molecule has 0 spiro atoms. The molecule has 3 aromatic carbocycles. The van der Waals surface area contributed by atoms with Crippen molar-refractivity contribution in [2.75, 3.05) is 32.0 Å². The Hall–Kier alpha value is -3.48. The van der Waals surface area contributed by atoms with Crippen molar-refractivity contribution in [3.05, 3.63) is 90.0 Å². The zero-order chi connectivity index (χ0) is 23.9. The number of nitrogens with zero attached hydrogens (tertiary/aromatic N) is 2. The van der Waals surface area contributed by atoms with Gasteiger partial charge in [0.15, 0.2) is 0 Å². The van der Waals surface area contributed by atoms with Gasteiger partial charge in [-0.1, -0.05) is 60.7 Å². The summed E-state index contributed by atoms with van der Waals surface area (Å²) in [5.41, 5.74) is 4.28. The second kappa shape index (κ2) is 11.1. The van der Waals surface area contributed by atoms with Crippen molar-refractivity contribution in [2.24, 2.45) is 0 Å². The van der Waals surface area contributed by atoms with E-state index in [0.717, 1.165) is 48.3 Å². The lowest BCUT2D eigenvalue weighted by atomic mass is 10.0. The molecule has 0 atom stereocenters. The van der Waals surface area contributed by atoms with Crippen LogP contribution in [0.4, 0.5) is 5.69 Å². The van der Waals surface area contributed by atoms with Crippen molar-refractivity contribution >= 4 is 17.6 Å². The molecule has 1 amide bonds. The highest BCUT2D eigenvalue weighted by molar-refractivity contribution is 5.92. The molecule has 0 radical (unpaired) electrons. The number of likely N-dealkylation sites (tertiary alicyclic amines) is 1. The number of anilines is 1. The third kappa shape index (κ3) is 6.10. The first-order valence-corrected chi connectivity index (χ1v) is 11.7. The van der Waals surface area contributed by atoms with Crippen LogP contribution in [0.2, 0.25) is 0 Å². The molecule has 34 heavy (non-hydrogen) atoms. The molecule has 3 aromatic rings. The minimum absolute atomic E-state index is 0.0206. The number of amides is 1. The van der Waals surface area contributed by atoms with Crippen LogP contribution in [0.5, 0.6) is 0 Å². The minimum Gasteiger partial charge on any atom is -0.478 e. The summed E-state index contributed by atoms with van der Waals surface area (Å²) in [5, 5.41) is 12.4. The monoisotopic (exact) mass is 457 g/mol. The number of nitrogens with one attached hydrogen (secondary N) is 1. The predicted molar refractivity (Wildman–Crippen MR) is 135 cm³/mol. The van der Waals surface area contributed by atoms with Gasteiger partial charge in [-0.05, 0) is 67.9 Å². The number of piperidine rings is 1. The fourth-order valence-electron chi connectivity index (χ4n) is 4.56. The Morgan fingerprint density at radius 1 is 0.912 bits per heavy atom. The fraction of sp³-hybridized carbons (Fsp3) is 0.286. The molecule has 0 bridgehead atoms. The smallest absolute Gasteiger partial charge is 0.336 e. The SMILES string of the molecule is CN(CC(=O)Nc1ccc(-c2ccccc2)cc1)C1CCN(Cc2ccccc2C(=O)O)CC1. The van der Waals surface area contributed by atoms with Gasteiger partial charge in [-0.3, -0.25) is 14.6 Å². The molecule has 0 aliphatic carbocycles. The van der Waals surface area contributed by atoms with E-state index in [9.17, 15) is 14.7 Å². The first-order valence-electron chi connectivity index (χ1n) is 11.7. The third-order valence-electron chi connectivity index (χ3n) is 6.49. The van der Waals surface area contributed by atoms with E-state index in [2.05, 4.69) is 27.2 Å². The van der Waals surface area contributed by atoms with E-state index in [-0.39, 0.29) is 5.91 Å². The standard InChI is InChI=1S/C28H31N3O3/c1-30(20-27(32)29-24-13-11-22(12-14-24)21-7-3-2-4-8-21)25-15-17-31(18-16-25)19-23-9-5-6-10-26(23)28(33)34/h2-14,25H,15-20H2,1H3,(H,29,32)(H,33,34). The molecule has 2 N–H and O–H groups in total. The molecular weight excluding hydrogens is 426 g/mol. The summed E-state index contributed by atoms with van der Waals surface area (Å²) in [5.74, 6) is -0.904. The van der Waals surface area contributed by atoms with Crippen molar-refractivity contribution in [3.8, 4) is 11.1 Å². The lowest BCUT2D eigenvalue weighted by molar-refractivity contribution is -0.117. The number of likely N-dealkylation sites (N-methyl/N-ethyl adjacent to an activating group) is 1. The van der Waals surface area contributed by atoms with Gasteiger partial charge in [0.1, 0.15) is 0 Å². The van der Waals surface area contributed by atoms with Crippen LogP contribution in [0.15, 0.2) is 78.9 Å².